The quantitative estimate of drug-likeness (QED) is 0.555. The molecule has 0 bridgehead atoms. The average Bonchev–Trinajstić information content (AvgIpc) is 3.36. The number of rotatable bonds is 6. The third-order valence-corrected chi connectivity index (χ3v) is 4.65. The summed E-state index contributed by atoms with van der Waals surface area (Å²) in [6.07, 6.45) is -2.10. The summed E-state index contributed by atoms with van der Waals surface area (Å²) in [5.41, 5.74) is 2.16. The lowest BCUT2D eigenvalue weighted by atomic mass is 10.1. The average molecular weight is 453 g/mol. The molecular formula is C19H16F5N7O. The Morgan fingerprint density at radius 1 is 1.09 bits per heavy atom. The Balaban J connectivity index is 1.46. The van der Waals surface area contributed by atoms with E-state index in [1.807, 2.05) is 0 Å². The second-order valence-corrected chi connectivity index (χ2v) is 6.95. The van der Waals surface area contributed by atoms with E-state index in [9.17, 15) is 26.7 Å². The van der Waals surface area contributed by atoms with Gasteiger partial charge in [-0.1, -0.05) is 12.1 Å². The van der Waals surface area contributed by atoms with Crippen LogP contribution in [-0.2, 0) is 6.54 Å². The van der Waals surface area contributed by atoms with Crippen LogP contribution in [0.5, 0.6) is 0 Å². The highest BCUT2D eigenvalue weighted by Gasteiger charge is 2.57. The predicted octanol–water partition coefficient (Wildman–Crippen LogP) is 3.81. The molecule has 0 aliphatic carbocycles. The number of carbonyl (C=O) groups excluding carboxylic acids is 1. The number of nitrogens with zero attached hydrogens (tertiary/aromatic N) is 5. The lowest BCUT2D eigenvalue weighted by molar-refractivity contribution is -0.287. The van der Waals surface area contributed by atoms with Crippen molar-refractivity contribution in [3.05, 3.63) is 48.9 Å². The summed E-state index contributed by atoms with van der Waals surface area (Å²) in [5.74, 6) is -4.80. The van der Waals surface area contributed by atoms with Gasteiger partial charge in [0.2, 0.25) is 5.95 Å². The van der Waals surface area contributed by atoms with E-state index in [0.717, 1.165) is 23.6 Å². The van der Waals surface area contributed by atoms with Crippen molar-refractivity contribution in [3.63, 3.8) is 0 Å². The van der Waals surface area contributed by atoms with Crippen LogP contribution in [0.25, 0.3) is 11.3 Å². The zero-order valence-electron chi connectivity index (χ0n) is 16.3. The Morgan fingerprint density at radius 2 is 1.84 bits per heavy atom. The van der Waals surface area contributed by atoms with Crippen LogP contribution in [0.1, 0.15) is 0 Å². The number of alkyl halides is 5. The van der Waals surface area contributed by atoms with E-state index >= 15 is 0 Å². The van der Waals surface area contributed by atoms with Crippen LogP contribution in [0.3, 0.4) is 0 Å². The van der Waals surface area contributed by atoms with Crippen LogP contribution in [-0.4, -0.2) is 51.0 Å². The minimum atomic E-state index is -5.67. The molecule has 1 fully saturated rings. The highest BCUT2D eigenvalue weighted by molar-refractivity contribution is 5.94. The number of anilines is 3. The van der Waals surface area contributed by atoms with E-state index < -0.39 is 18.6 Å². The molecule has 13 heteroatoms. The summed E-state index contributed by atoms with van der Waals surface area (Å²) < 4.78 is 63.9. The van der Waals surface area contributed by atoms with Crippen molar-refractivity contribution in [2.24, 2.45) is 0 Å². The number of carbonyl (C=O) groups is 1. The smallest absolute Gasteiger partial charge is 0.336 e. The first kappa shape index (κ1) is 21.5. The number of nitrogens with one attached hydrogen (secondary N) is 2. The first-order chi connectivity index (χ1) is 15.1. The van der Waals surface area contributed by atoms with Crippen LogP contribution >= 0.6 is 0 Å². The number of hydrogen-bond acceptors (Lipinski definition) is 5. The summed E-state index contributed by atoms with van der Waals surface area (Å²) in [7, 11) is 0. The molecule has 0 radical (unpaired) electrons. The maximum atomic E-state index is 13.2. The summed E-state index contributed by atoms with van der Waals surface area (Å²) in [6.45, 7) is -0.491. The molecule has 4 rings (SSSR count). The fraction of sp³-hybridized carbons (Fsp3) is 0.263. The highest BCUT2D eigenvalue weighted by atomic mass is 19.4. The normalized spacial score (nSPS) is 14.5. The van der Waals surface area contributed by atoms with Crippen molar-refractivity contribution in [2.75, 3.05) is 23.3 Å². The Morgan fingerprint density at radius 3 is 2.50 bits per heavy atom. The van der Waals surface area contributed by atoms with Crippen molar-refractivity contribution in [1.82, 2.24) is 25.1 Å². The number of benzene rings is 1. The van der Waals surface area contributed by atoms with E-state index in [4.69, 9.17) is 0 Å². The fourth-order valence-electron chi connectivity index (χ4n) is 3.05. The molecule has 2 aromatic heterocycles. The topological polar surface area (TPSA) is 88.0 Å². The van der Waals surface area contributed by atoms with E-state index in [-0.39, 0.29) is 17.7 Å². The number of urea groups is 1. The van der Waals surface area contributed by atoms with E-state index in [1.165, 1.54) is 6.20 Å². The molecule has 1 saturated heterocycles. The molecule has 168 valence electrons. The highest BCUT2D eigenvalue weighted by Crippen LogP contribution is 2.36. The maximum absolute atomic E-state index is 13.2. The Bertz CT molecular complexity index is 1110. The number of aromatic nitrogens is 4. The predicted molar refractivity (Wildman–Crippen MR) is 105 cm³/mol. The lowest BCUT2D eigenvalue weighted by Crippen LogP contribution is -2.40. The van der Waals surface area contributed by atoms with Crippen molar-refractivity contribution in [2.45, 2.75) is 18.6 Å². The number of amides is 2. The van der Waals surface area contributed by atoms with Crippen molar-refractivity contribution in [3.8, 4) is 11.3 Å². The molecule has 0 saturated carbocycles. The minimum Gasteiger partial charge on any atom is -0.336 e. The molecule has 2 N–H and O–H groups in total. The molecule has 3 heterocycles. The maximum Gasteiger partial charge on any atom is 0.455 e. The summed E-state index contributed by atoms with van der Waals surface area (Å²) in [4.78, 5) is 21.7. The van der Waals surface area contributed by atoms with E-state index in [2.05, 4.69) is 25.7 Å². The standard InChI is InChI=1S/C19H16F5N7O/c20-18(21,19(22,23)24)11-30-10-13(9-27-30)28-16-25-6-5-15(29-16)12-1-3-14(4-2-12)31-8-7-26-17(31)32/h1-6,9-10H,7-8,11H2,(H,26,32)(H,25,28,29). The SMILES string of the molecule is O=C1NCCN1c1ccc(-c2ccnc(Nc3cnn(CC(F)(F)C(F)(F)F)c3)n2)cc1. The van der Waals surface area contributed by atoms with Gasteiger partial charge >= 0.3 is 18.1 Å². The molecule has 0 atom stereocenters. The molecule has 1 aliphatic heterocycles. The van der Waals surface area contributed by atoms with Crippen LogP contribution in [0.15, 0.2) is 48.9 Å². The van der Waals surface area contributed by atoms with Gasteiger partial charge in [0.05, 0.1) is 17.6 Å². The third kappa shape index (κ3) is 4.45. The summed E-state index contributed by atoms with van der Waals surface area (Å²) >= 11 is 0. The Kier molecular flexibility index (Phi) is 5.40. The zero-order valence-corrected chi connectivity index (χ0v) is 16.3. The molecule has 0 spiro atoms. The first-order valence-electron chi connectivity index (χ1n) is 9.35. The van der Waals surface area contributed by atoms with E-state index in [0.29, 0.717) is 23.5 Å². The van der Waals surface area contributed by atoms with Gasteiger partial charge in [0.25, 0.3) is 0 Å². The second kappa shape index (κ2) is 8.05. The molecule has 32 heavy (non-hydrogen) atoms. The van der Waals surface area contributed by atoms with Gasteiger partial charge in [-0.15, -0.1) is 0 Å². The molecule has 1 aliphatic rings. The molecule has 1 aromatic carbocycles. The van der Waals surface area contributed by atoms with Gasteiger partial charge < -0.3 is 10.6 Å². The van der Waals surface area contributed by atoms with Gasteiger partial charge in [-0.25, -0.2) is 14.8 Å². The lowest BCUT2D eigenvalue weighted by Gasteiger charge is -2.19. The van der Waals surface area contributed by atoms with Gasteiger partial charge in [0.1, 0.15) is 6.54 Å². The van der Waals surface area contributed by atoms with Crippen LogP contribution in [0.2, 0.25) is 0 Å². The molecule has 2 amide bonds. The molecule has 3 aromatic rings. The zero-order chi connectivity index (χ0) is 22.9. The summed E-state index contributed by atoms with van der Waals surface area (Å²) in [6, 6.07) is 8.60. The van der Waals surface area contributed by atoms with Gasteiger partial charge in [-0.3, -0.25) is 9.58 Å². The molecular weight excluding hydrogens is 437 g/mol. The number of halogens is 5. The largest absolute Gasteiger partial charge is 0.455 e. The third-order valence-electron chi connectivity index (χ3n) is 4.65. The van der Waals surface area contributed by atoms with Gasteiger partial charge in [-0.05, 0) is 18.2 Å². The van der Waals surface area contributed by atoms with Crippen molar-refractivity contribution in [1.29, 1.82) is 0 Å². The Labute approximate surface area is 178 Å². The van der Waals surface area contributed by atoms with Crippen LogP contribution in [0.4, 0.5) is 44.1 Å². The van der Waals surface area contributed by atoms with Crippen LogP contribution in [0, 0.1) is 0 Å². The van der Waals surface area contributed by atoms with Gasteiger partial charge in [0.15, 0.2) is 0 Å². The molecule has 0 unspecified atom stereocenters. The van der Waals surface area contributed by atoms with E-state index in [1.54, 1.807) is 35.2 Å². The van der Waals surface area contributed by atoms with Crippen molar-refractivity contribution < 1.29 is 26.7 Å². The summed E-state index contributed by atoms with van der Waals surface area (Å²) in [5, 5.41) is 8.98. The van der Waals surface area contributed by atoms with Gasteiger partial charge in [-0.2, -0.15) is 27.1 Å². The second-order valence-electron chi connectivity index (χ2n) is 6.95. The minimum absolute atomic E-state index is 0.104. The van der Waals surface area contributed by atoms with Crippen LogP contribution < -0.4 is 15.5 Å². The monoisotopic (exact) mass is 453 g/mol. The first-order valence-corrected chi connectivity index (χ1v) is 9.35. The Hall–Kier alpha value is -3.77. The number of hydrogen-bond donors (Lipinski definition) is 2. The van der Waals surface area contributed by atoms with Crippen molar-refractivity contribution >= 4 is 23.4 Å². The van der Waals surface area contributed by atoms with Gasteiger partial charge in [0, 0.05) is 36.7 Å². The fourth-order valence-corrected chi connectivity index (χ4v) is 3.05. The molecule has 8 nitrogen and oxygen atoms in total.